The highest BCUT2D eigenvalue weighted by Crippen LogP contribution is 2.22. The molecule has 4 heteroatoms. The molecule has 108 valence electrons. The Morgan fingerprint density at radius 1 is 1.10 bits per heavy atom. The quantitative estimate of drug-likeness (QED) is 0.630. The van der Waals surface area contributed by atoms with E-state index >= 15 is 0 Å². The second-order valence-electron chi connectivity index (χ2n) is 5.17. The molecule has 0 amide bonds. The van der Waals surface area contributed by atoms with Gasteiger partial charge in [-0.1, -0.05) is 41.4 Å². The third-order valence-corrected chi connectivity index (χ3v) is 3.99. The van der Waals surface area contributed by atoms with Gasteiger partial charge in [0.05, 0.1) is 11.0 Å². The second-order valence-corrected chi connectivity index (χ2v) is 5.99. The Balaban J connectivity index is 2.07. The maximum absolute atomic E-state index is 6.13. The average Bonchev–Trinajstić information content (AvgIpc) is 2.79. The van der Waals surface area contributed by atoms with Crippen molar-refractivity contribution in [2.24, 2.45) is 0 Å². The summed E-state index contributed by atoms with van der Waals surface area (Å²) in [6.45, 7) is 2.87. The zero-order valence-electron chi connectivity index (χ0n) is 11.8. The summed E-state index contributed by atoms with van der Waals surface area (Å²) in [5.41, 5.74) is 4.53. The Morgan fingerprint density at radius 2 is 1.86 bits per heavy atom. The van der Waals surface area contributed by atoms with Gasteiger partial charge >= 0.3 is 0 Å². The van der Waals surface area contributed by atoms with Crippen LogP contribution >= 0.6 is 23.2 Å². The van der Waals surface area contributed by atoms with Crippen molar-refractivity contribution < 1.29 is 0 Å². The molecule has 0 saturated carbocycles. The van der Waals surface area contributed by atoms with Crippen LogP contribution in [0.4, 0.5) is 0 Å². The van der Waals surface area contributed by atoms with E-state index in [0.29, 0.717) is 5.88 Å². The Hall–Kier alpha value is -1.51. The number of rotatable bonds is 4. The number of hydrogen-bond acceptors (Lipinski definition) is 1. The maximum atomic E-state index is 6.13. The van der Waals surface area contributed by atoms with Gasteiger partial charge in [0.15, 0.2) is 0 Å². The first-order valence-corrected chi connectivity index (χ1v) is 7.85. The van der Waals surface area contributed by atoms with Gasteiger partial charge in [-0.05, 0) is 30.7 Å². The third kappa shape index (κ3) is 3.07. The van der Waals surface area contributed by atoms with Crippen LogP contribution in [0.5, 0.6) is 0 Å². The van der Waals surface area contributed by atoms with Crippen LogP contribution in [0.25, 0.3) is 11.0 Å². The van der Waals surface area contributed by atoms with Gasteiger partial charge in [-0.2, -0.15) is 0 Å². The van der Waals surface area contributed by atoms with Crippen molar-refractivity contribution in [3.63, 3.8) is 0 Å². The molecule has 2 aromatic carbocycles. The van der Waals surface area contributed by atoms with E-state index in [1.165, 1.54) is 11.1 Å². The number of aromatic nitrogens is 2. The monoisotopic (exact) mass is 318 g/mol. The summed E-state index contributed by atoms with van der Waals surface area (Å²) in [6.07, 6.45) is 0.750. The number of fused-ring (bicyclic) bond motifs is 1. The zero-order chi connectivity index (χ0) is 14.8. The first kappa shape index (κ1) is 14.4. The molecular weight excluding hydrogens is 303 g/mol. The molecule has 0 aliphatic carbocycles. The van der Waals surface area contributed by atoms with Crippen molar-refractivity contribution in [1.29, 1.82) is 0 Å². The Bertz CT molecular complexity index is 760. The fraction of sp³-hybridized carbons (Fsp3) is 0.235. The van der Waals surface area contributed by atoms with Gasteiger partial charge in [0.1, 0.15) is 5.82 Å². The van der Waals surface area contributed by atoms with Gasteiger partial charge in [0.25, 0.3) is 0 Å². The minimum absolute atomic E-state index is 0.560. The summed E-state index contributed by atoms with van der Waals surface area (Å²) < 4.78 is 2.20. The molecule has 1 heterocycles. The SMILES string of the molecule is Cc1ccc(Cn2c(CCCl)nc3ccc(Cl)cc32)cc1. The molecule has 0 bridgehead atoms. The molecule has 0 radical (unpaired) electrons. The number of alkyl halides is 1. The highest BCUT2D eigenvalue weighted by molar-refractivity contribution is 6.31. The molecule has 1 aromatic heterocycles. The lowest BCUT2D eigenvalue weighted by atomic mass is 10.1. The van der Waals surface area contributed by atoms with Crippen LogP contribution < -0.4 is 0 Å². The van der Waals surface area contributed by atoms with E-state index in [1.807, 2.05) is 18.2 Å². The summed E-state index contributed by atoms with van der Waals surface area (Å²) in [4.78, 5) is 4.68. The van der Waals surface area contributed by atoms with Crippen molar-refractivity contribution >= 4 is 34.2 Å². The molecule has 0 fully saturated rings. The minimum Gasteiger partial charge on any atom is -0.323 e. The molecule has 0 aliphatic heterocycles. The van der Waals surface area contributed by atoms with E-state index in [1.54, 1.807) is 0 Å². The van der Waals surface area contributed by atoms with E-state index in [2.05, 4.69) is 40.7 Å². The van der Waals surface area contributed by atoms with Gasteiger partial charge < -0.3 is 4.57 Å². The Labute approximate surface area is 134 Å². The maximum Gasteiger partial charge on any atom is 0.111 e. The molecule has 0 N–H and O–H groups in total. The molecule has 0 spiro atoms. The van der Waals surface area contributed by atoms with Gasteiger partial charge in [-0.25, -0.2) is 4.98 Å². The molecule has 0 atom stereocenters. The first-order valence-electron chi connectivity index (χ1n) is 6.93. The van der Waals surface area contributed by atoms with E-state index in [9.17, 15) is 0 Å². The van der Waals surface area contributed by atoms with Crippen molar-refractivity contribution in [1.82, 2.24) is 9.55 Å². The summed E-state index contributed by atoms with van der Waals surface area (Å²) in [6, 6.07) is 14.4. The number of nitrogens with zero attached hydrogens (tertiary/aromatic N) is 2. The second kappa shape index (κ2) is 6.08. The van der Waals surface area contributed by atoms with Crippen molar-refractivity contribution in [2.45, 2.75) is 19.9 Å². The summed E-state index contributed by atoms with van der Waals surface area (Å²) >= 11 is 12.0. The number of imidazole rings is 1. The lowest BCUT2D eigenvalue weighted by molar-refractivity contribution is 0.754. The van der Waals surface area contributed by atoms with Crippen LogP contribution in [0, 0.1) is 6.92 Å². The molecule has 21 heavy (non-hydrogen) atoms. The van der Waals surface area contributed by atoms with Gasteiger partial charge in [0.2, 0.25) is 0 Å². The number of aryl methyl sites for hydroxylation is 2. The fourth-order valence-corrected chi connectivity index (χ4v) is 2.81. The summed E-state index contributed by atoms with van der Waals surface area (Å²) in [7, 11) is 0. The topological polar surface area (TPSA) is 17.8 Å². The van der Waals surface area contributed by atoms with E-state index in [4.69, 9.17) is 23.2 Å². The molecule has 0 saturated heterocycles. The van der Waals surface area contributed by atoms with Crippen molar-refractivity contribution in [2.75, 3.05) is 5.88 Å². The van der Waals surface area contributed by atoms with Crippen LogP contribution in [0.15, 0.2) is 42.5 Å². The van der Waals surface area contributed by atoms with E-state index in [0.717, 1.165) is 34.8 Å². The molecule has 0 aliphatic rings. The van der Waals surface area contributed by atoms with Gasteiger partial charge in [0, 0.05) is 23.9 Å². The van der Waals surface area contributed by atoms with Crippen molar-refractivity contribution in [3.05, 3.63) is 64.4 Å². The standard InChI is InChI=1S/C17H16Cl2N2/c1-12-2-4-13(5-3-12)11-21-16-10-14(19)6-7-15(16)20-17(21)8-9-18/h2-7,10H,8-9,11H2,1H3. The number of halogens is 2. The molecule has 0 unspecified atom stereocenters. The van der Waals surface area contributed by atoms with Crippen LogP contribution in [-0.4, -0.2) is 15.4 Å². The van der Waals surface area contributed by atoms with Crippen LogP contribution in [0.3, 0.4) is 0 Å². The number of benzene rings is 2. The van der Waals surface area contributed by atoms with Crippen LogP contribution in [0.1, 0.15) is 17.0 Å². The minimum atomic E-state index is 0.560. The zero-order valence-corrected chi connectivity index (χ0v) is 13.3. The molecule has 3 aromatic rings. The fourth-order valence-electron chi connectivity index (χ4n) is 2.47. The van der Waals surface area contributed by atoms with Crippen molar-refractivity contribution in [3.8, 4) is 0 Å². The summed E-state index contributed by atoms with van der Waals surface area (Å²) in [5.74, 6) is 1.56. The average molecular weight is 319 g/mol. The largest absolute Gasteiger partial charge is 0.323 e. The van der Waals surface area contributed by atoms with E-state index < -0.39 is 0 Å². The van der Waals surface area contributed by atoms with Gasteiger partial charge in [-0.15, -0.1) is 11.6 Å². The van der Waals surface area contributed by atoms with Crippen LogP contribution in [-0.2, 0) is 13.0 Å². The van der Waals surface area contributed by atoms with Gasteiger partial charge in [-0.3, -0.25) is 0 Å². The first-order chi connectivity index (χ1) is 10.2. The highest BCUT2D eigenvalue weighted by atomic mass is 35.5. The lowest BCUT2D eigenvalue weighted by Crippen LogP contribution is -2.06. The smallest absolute Gasteiger partial charge is 0.111 e. The third-order valence-electron chi connectivity index (χ3n) is 3.57. The Morgan fingerprint density at radius 3 is 2.57 bits per heavy atom. The van der Waals surface area contributed by atoms with Crippen LogP contribution in [0.2, 0.25) is 5.02 Å². The lowest BCUT2D eigenvalue weighted by Gasteiger charge is -2.09. The summed E-state index contributed by atoms with van der Waals surface area (Å²) in [5, 5.41) is 0.727. The molecule has 2 nitrogen and oxygen atoms in total. The highest BCUT2D eigenvalue weighted by Gasteiger charge is 2.11. The predicted molar refractivity (Wildman–Crippen MR) is 89.4 cm³/mol. The molecule has 3 rings (SSSR count). The predicted octanol–water partition coefficient (Wildman–Crippen LogP) is 4.83. The Kier molecular flexibility index (Phi) is 4.18. The van der Waals surface area contributed by atoms with E-state index in [-0.39, 0.29) is 0 Å². The normalized spacial score (nSPS) is 11.2. The number of hydrogen-bond donors (Lipinski definition) is 0. The molecular formula is C17H16Cl2N2.